The lowest BCUT2D eigenvalue weighted by Crippen LogP contribution is -2.30. The Morgan fingerprint density at radius 3 is 2.38 bits per heavy atom. The second-order valence-corrected chi connectivity index (χ2v) is 7.17. The SMILES string of the molecule is Cc1ccccc1N1C(=O)c2ccc(C(=O)NCc3ccccc3Cl)cc2C1=O. The Balaban J connectivity index is 1.58. The molecule has 3 aromatic rings. The Bertz CT molecular complexity index is 1160. The van der Waals surface area contributed by atoms with Gasteiger partial charge in [0.05, 0.1) is 16.8 Å². The Labute approximate surface area is 172 Å². The number of imide groups is 1. The van der Waals surface area contributed by atoms with Crippen molar-refractivity contribution in [3.05, 3.63) is 99.6 Å². The van der Waals surface area contributed by atoms with Gasteiger partial charge in [0.2, 0.25) is 0 Å². The van der Waals surface area contributed by atoms with Gasteiger partial charge in [-0.25, -0.2) is 4.90 Å². The highest BCUT2D eigenvalue weighted by molar-refractivity contribution is 6.35. The molecule has 0 aliphatic carbocycles. The van der Waals surface area contributed by atoms with Crippen LogP contribution in [0.1, 0.15) is 42.2 Å². The van der Waals surface area contributed by atoms with Gasteiger partial charge in [-0.15, -0.1) is 0 Å². The predicted octanol–water partition coefficient (Wildman–Crippen LogP) is 4.38. The van der Waals surface area contributed by atoms with Gasteiger partial charge < -0.3 is 5.32 Å². The van der Waals surface area contributed by atoms with Crippen LogP contribution in [0.3, 0.4) is 0 Å². The molecule has 1 heterocycles. The third-order valence-corrected chi connectivity index (χ3v) is 5.27. The van der Waals surface area contributed by atoms with Crippen molar-refractivity contribution in [3.63, 3.8) is 0 Å². The minimum absolute atomic E-state index is 0.226. The van der Waals surface area contributed by atoms with Crippen LogP contribution < -0.4 is 10.2 Å². The molecule has 3 amide bonds. The van der Waals surface area contributed by atoms with Crippen molar-refractivity contribution in [1.29, 1.82) is 0 Å². The number of fused-ring (bicyclic) bond motifs is 1. The summed E-state index contributed by atoms with van der Waals surface area (Å²) in [7, 11) is 0. The number of aryl methyl sites for hydroxylation is 1. The van der Waals surface area contributed by atoms with Crippen LogP contribution in [-0.2, 0) is 6.54 Å². The lowest BCUT2D eigenvalue weighted by Gasteiger charge is -2.16. The van der Waals surface area contributed by atoms with Crippen molar-refractivity contribution in [3.8, 4) is 0 Å². The molecule has 0 spiro atoms. The number of para-hydroxylation sites is 1. The van der Waals surface area contributed by atoms with Gasteiger partial charge in [0, 0.05) is 17.1 Å². The lowest BCUT2D eigenvalue weighted by atomic mass is 10.1. The summed E-state index contributed by atoms with van der Waals surface area (Å²) >= 11 is 6.11. The first-order valence-electron chi connectivity index (χ1n) is 9.07. The van der Waals surface area contributed by atoms with Crippen LogP contribution in [0, 0.1) is 6.92 Å². The van der Waals surface area contributed by atoms with Crippen LogP contribution >= 0.6 is 11.6 Å². The summed E-state index contributed by atoms with van der Waals surface area (Å²) in [6.07, 6.45) is 0. The van der Waals surface area contributed by atoms with Gasteiger partial charge in [-0.3, -0.25) is 14.4 Å². The monoisotopic (exact) mass is 404 g/mol. The summed E-state index contributed by atoms with van der Waals surface area (Å²) in [6.45, 7) is 2.10. The van der Waals surface area contributed by atoms with E-state index in [9.17, 15) is 14.4 Å². The predicted molar refractivity (Wildman–Crippen MR) is 111 cm³/mol. The van der Waals surface area contributed by atoms with Crippen molar-refractivity contribution in [2.24, 2.45) is 0 Å². The molecule has 0 atom stereocenters. The number of amides is 3. The van der Waals surface area contributed by atoms with Gasteiger partial charge in [-0.2, -0.15) is 0 Å². The van der Waals surface area contributed by atoms with Crippen molar-refractivity contribution < 1.29 is 14.4 Å². The highest BCUT2D eigenvalue weighted by Crippen LogP contribution is 2.31. The molecule has 1 aliphatic rings. The molecule has 144 valence electrons. The molecule has 0 saturated carbocycles. The maximum atomic E-state index is 12.9. The first-order chi connectivity index (χ1) is 14.0. The fourth-order valence-electron chi connectivity index (χ4n) is 3.33. The zero-order chi connectivity index (χ0) is 20.5. The highest BCUT2D eigenvalue weighted by atomic mass is 35.5. The minimum atomic E-state index is -0.431. The summed E-state index contributed by atoms with van der Waals surface area (Å²) in [5.41, 5.74) is 2.98. The van der Waals surface area contributed by atoms with Gasteiger partial charge in [0.1, 0.15) is 0 Å². The van der Waals surface area contributed by atoms with E-state index in [0.29, 0.717) is 21.8 Å². The Morgan fingerprint density at radius 2 is 1.62 bits per heavy atom. The molecule has 1 N–H and O–H groups in total. The Hall–Kier alpha value is -3.44. The molecule has 0 fully saturated rings. The van der Waals surface area contributed by atoms with E-state index in [-0.39, 0.29) is 23.9 Å². The van der Waals surface area contributed by atoms with E-state index in [2.05, 4.69) is 5.32 Å². The number of halogens is 1. The van der Waals surface area contributed by atoms with Crippen molar-refractivity contribution in [2.45, 2.75) is 13.5 Å². The number of carbonyl (C=O) groups excluding carboxylic acids is 3. The number of benzene rings is 3. The summed E-state index contributed by atoms with van der Waals surface area (Å²) in [5, 5.41) is 3.36. The van der Waals surface area contributed by atoms with Crippen LogP contribution in [0.4, 0.5) is 5.69 Å². The quantitative estimate of drug-likeness (QED) is 0.656. The number of hydrogen-bond acceptors (Lipinski definition) is 3. The Kier molecular flexibility index (Phi) is 4.91. The fraction of sp³-hybridized carbons (Fsp3) is 0.0870. The van der Waals surface area contributed by atoms with Gasteiger partial charge in [-0.1, -0.05) is 48.0 Å². The van der Waals surface area contributed by atoms with E-state index >= 15 is 0 Å². The van der Waals surface area contributed by atoms with Crippen LogP contribution in [0.25, 0.3) is 0 Å². The van der Waals surface area contributed by atoms with Crippen molar-refractivity contribution >= 4 is 35.0 Å². The molecule has 0 unspecified atom stereocenters. The van der Waals surface area contributed by atoms with E-state index < -0.39 is 5.91 Å². The maximum Gasteiger partial charge on any atom is 0.266 e. The standard InChI is InChI=1S/C23H17ClN2O3/c1-14-6-2-5-9-20(14)26-22(28)17-11-10-15(12-18(17)23(26)29)21(27)25-13-16-7-3-4-8-19(16)24/h2-12H,13H2,1H3,(H,25,27). The molecule has 29 heavy (non-hydrogen) atoms. The van der Waals surface area contributed by atoms with Crippen molar-refractivity contribution in [1.82, 2.24) is 5.32 Å². The minimum Gasteiger partial charge on any atom is -0.348 e. The Morgan fingerprint density at radius 1 is 0.931 bits per heavy atom. The maximum absolute atomic E-state index is 12.9. The first kappa shape index (κ1) is 18.9. The fourth-order valence-corrected chi connectivity index (χ4v) is 3.54. The largest absolute Gasteiger partial charge is 0.348 e. The van der Waals surface area contributed by atoms with E-state index in [0.717, 1.165) is 16.0 Å². The zero-order valence-electron chi connectivity index (χ0n) is 15.6. The second kappa shape index (κ2) is 7.53. The van der Waals surface area contributed by atoms with Gasteiger partial charge in [-0.05, 0) is 48.4 Å². The average Bonchev–Trinajstić information content (AvgIpc) is 2.97. The smallest absolute Gasteiger partial charge is 0.266 e. The summed E-state index contributed by atoms with van der Waals surface area (Å²) in [4.78, 5) is 39.4. The molecule has 4 rings (SSSR count). The highest BCUT2D eigenvalue weighted by Gasteiger charge is 2.37. The average molecular weight is 405 g/mol. The summed E-state index contributed by atoms with van der Waals surface area (Å²) < 4.78 is 0. The van der Waals surface area contributed by atoms with E-state index in [1.165, 1.54) is 12.1 Å². The van der Waals surface area contributed by atoms with Crippen LogP contribution in [0.15, 0.2) is 66.7 Å². The van der Waals surface area contributed by atoms with Gasteiger partial charge in [0.15, 0.2) is 0 Å². The van der Waals surface area contributed by atoms with Gasteiger partial charge in [0.25, 0.3) is 17.7 Å². The molecule has 6 heteroatoms. The molecular weight excluding hydrogens is 388 g/mol. The number of nitrogens with zero attached hydrogens (tertiary/aromatic N) is 1. The van der Waals surface area contributed by atoms with E-state index in [1.807, 2.05) is 37.3 Å². The van der Waals surface area contributed by atoms with Crippen LogP contribution in [0.5, 0.6) is 0 Å². The number of rotatable bonds is 4. The molecule has 1 aliphatic heterocycles. The normalized spacial score (nSPS) is 12.8. The van der Waals surface area contributed by atoms with E-state index in [4.69, 9.17) is 11.6 Å². The molecule has 0 bridgehead atoms. The zero-order valence-corrected chi connectivity index (χ0v) is 16.4. The number of hydrogen-bond donors (Lipinski definition) is 1. The molecule has 3 aromatic carbocycles. The third-order valence-electron chi connectivity index (χ3n) is 4.90. The van der Waals surface area contributed by atoms with Crippen LogP contribution in [-0.4, -0.2) is 17.7 Å². The summed E-state index contributed by atoms with van der Waals surface area (Å²) in [6, 6.07) is 19.0. The lowest BCUT2D eigenvalue weighted by molar-refractivity contribution is 0.0923. The first-order valence-corrected chi connectivity index (χ1v) is 9.45. The molecule has 0 saturated heterocycles. The number of anilines is 1. The molecule has 0 radical (unpaired) electrons. The second-order valence-electron chi connectivity index (χ2n) is 6.77. The summed E-state index contributed by atoms with van der Waals surface area (Å²) in [5.74, 6) is -1.16. The number of carbonyl (C=O) groups is 3. The van der Waals surface area contributed by atoms with Gasteiger partial charge >= 0.3 is 0 Å². The molecule has 5 nitrogen and oxygen atoms in total. The molecular formula is C23H17ClN2O3. The number of nitrogens with one attached hydrogen (secondary N) is 1. The third kappa shape index (κ3) is 3.41. The molecule has 0 aromatic heterocycles. The van der Waals surface area contributed by atoms with Crippen molar-refractivity contribution in [2.75, 3.05) is 4.90 Å². The topological polar surface area (TPSA) is 66.5 Å². The van der Waals surface area contributed by atoms with E-state index in [1.54, 1.807) is 24.3 Å². The van der Waals surface area contributed by atoms with Crippen LogP contribution in [0.2, 0.25) is 5.02 Å².